The van der Waals surface area contributed by atoms with Crippen molar-refractivity contribution < 1.29 is 17.9 Å². The van der Waals surface area contributed by atoms with Crippen molar-refractivity contribution in [1.29, 1.82) is 0 Å². The highest BCUT2D eigenvalue weighted by Crippen LogP contribution is 2.28. The summed E-state index contributed by atoms with van der Waals surface area (Å²) in [7, 11) is -3.59. The van der Waals surface area contributed by atoms with Gasteiger partial charge in [0, 0.05) is 43.1 Å². The van der Waals surface area contributed by atoms with Crippen LogP contribution in [0, 0.1) is 13.8 Å². The van der Waals surface area contributed by atoms with Crippen LogP contribution in [0.5, 0.6) is 0 Å². The molecule has 1 aliphatic heterocycles. The first-order chi connectivity index (χ1) is 15.8. The first-order valence-electron chi connectivity index (χ1n) is 11.2. The molecule has 1 saturated heterocycles. The van der Waals surface area contributed by atoms with E-state index in [2.05, 4.69) is 11.5 Å². The topological polar surface area (TPSA) is 86.4 Å². The molecule has 0 aliphatic carbocycles. The number of fused-ring (bicyclic) bond motifs is 1. The van der Waals surface area contributed by atoms with Crippen LogP contribution in [0.4, 0.5) is 0 Å². The number of sulfonamides is 1. The number of carbonyl (C=O) groups excluding carboxylic acids is 1. The molecule has 0 amide bonds. The number of Topliss-reactive ketones (excluding diaryl/α,β-unsaturated/α-hetero) is 1. The summed E-state index contributed by atoms with van der Waals surface area (Å²) < 4.78 is 37.0. The number of ether oxygens (including phenoxy) is 1. The summed E-state index contributed by atoms with van der Waals surface area (Å²) >= 11 is 1.39. The van der Waals surface area contributed by atoms with Gasteiger partial charge in [0.15, 0.2) is 10.9 Å². The summed E-state index contributed by atoms with van der Waals surface area (Å²) in [5.41, 5.74) is 4.29. The van der Waals surface area contributed by atoms with E-state index in [-0.39, 0.29) is 16.4 Å². The van der Waals surface area contributed by atoms with E-state index < -0.39 is 10.0 Å². The first-order valence-corrected chi connectivity index (χ1v) is 13.6. The van der Waals surface area contributed by atoms with E-state index in [1.807, 2.05) is 31.4 Å². The minimum absolute atomic E-state index is 0.0677. The van der Waals surface area contributed by atoms with Gasteiger partial charge in [-0.2, -0.15) is 4.31 Å². The number of aryl methyl sites for hydroxylation is 2. The third kappa shape index (κ3) is 4.49. The molecule has 1 fully saturated rings. The Kier molecular flexibility index (Phi) is 6.99. The van der Waals surface area contributed by atoms with Gasteiger partial charge in [-0.05, 0) is 52.0 Å². The number of carbonyl (C=O) groups is 1. The smallest absolute Gasteiger partial charge is 0.243 e. The zero-order chi connectivity index (χ0) is 23.8. The monoisotopic (exact) mass is 490 g/mol. The second kappa shape index (κ2) is 9.61. The maximum atomic E-state index is 13.0. The van der Waals surface area contributed by atoms with E-state index >= 15 is 0 Å². The lowest BCUT2D eigenvalue weighted by Crippen LogP contribution is -2.40. The molecular formula is C23H30N4O4S2. The zero-order valence-corrected chi connectivity index (χ0v) is 21.1. The zero-order valence-electron chi connectivity index (χ0n) is 19.5. The van der Waals surface area contributed by atoms with Crippen LogP contribution >= 0.6 is 11.8 Å². The van der Waals surface area contributed by atoms with Crippen molar-refractivity contribution in [1.82, 2.24) is 18.4 Å². The van der Waals surface area contributed by atoms with Crippen LogP contribution in [0.3, 0.4) is 0 Å². The summed E-state index contributed by atoms with van der Waals surface area (Å²) in [6.07, 6.45) is 0. The number of aromatic nitrogens is 3. The minimum Gasteiger partial charge on any atom is -0.379 e. The molecule has 10 heteroatoms. The molecular weight excluding hydrogens is 460 g/mol. The molecule has 2 aromatic heterocycles. The maximum Gasteiger partial charge on any atom is 0.243 e. The molecule has 1 aliphatic rings. The van der Waals surface area contributed by atoms with E-state index in [0.717, 1.165) is 29.0 Å². The Hall–Kier alpha value is -2.14. The lowest BCUT2D eigenvalue weighted by Gasteiger charge is -2.26. The molecule has 0 spiro atoms. The van der Waals surface area contributed by atoms with Crippen LogP contribution in [0.1, 0.15) is 35.6 Å². The predicted octanol–water partition coefficient (Wildman–Crippen LogP) is 3.49. The molecule has 3 heterocycles. The van der Waals surface area contributed by atoms with E-state index in [1.54, 1.807) is 18.2 Å². The quantitative estimate of drug-likeness (QED) is 0.355. The van der Waals surface area contributed by atoms with Crippen LogP contribution < -0.4 is 0 Å². The lowest BCUT2D eigenvalue weighted by atomic mass is 10.2. The molecule has 0 atom stereocenters. The van der Waals surface area contributed by atoms with Crippen molar-refractivity contribution >= 4 is 38.6 Å². The third-order valence-electron chi connectivity index (χ3n) is 6.13. The standard InChI is InChI=1S/C23H30N4O4S2/c1-5-26-16(3)13-19(17(26)4)22(28)15-32-23-24-20-14-18(7-8-21(20)27(23)6-2)33(29,30)25-9-11-31-12-10-25/h7-8,13-14H,5-6,9-12,15H2,1-4H3. The van der Waals surface area contributed by atoms with Crippen LogP contribution in [0.15, 0.2) is 34.3 Å². The van der Waals surface area contributed by atoms with Gasteiger partial charge in [-0.3, -0.25) is 4.79 Å². The number of ketones is 1. The first kappa shape index (κ1) is 24.0. The fraction of sp³-hybridized carbons (Fsp3) is 0.478. The van der Waals surface area contributed by atoms with Crippen molar-refractivity contribution in [3.8, 4) is 0 Å². The number of rotatable bonds is 8. The molecule has 0 radical (unpaired) electrons. The highest BCUT2D eigenvalue weighted by Gasteiger charge is 2.27. The van der Waals surface area contributed by atoms with E-state index in [9.17, 15) is 13.2 Å². The molecule has 3 aromatic rings. The summed E-state index contributed by atoms with van der Waals surface area (Å²) in [6.45, 7) is 11.1. The molecule has 1 aromatic carbocycles. The number of hydrogen-bond acceptors (Lipinski definition) is 6. The largest absolute Gasteiger partial charge is 0.379 e. The highest BCUT2D eigenvalue weighted by atomic mass is 32.2. The summed E-state index contributed by atoms with van der Waals surface area (Å²) in [4.78, 5) is 17.9. The molecule has 0 saturated carbocycles. The second-order valence-corrected chi connectivity index (χ2v) is 10.9. The summed E-state index contributed by atoms with van der Waals surface area (Å²) in [5.74, 6) is 0.342. The Morgan fingerprint density at radius 3 is 2.42 bits per heavy atom. The average Bonchev–Trinajstić information content (AvgIpc) is 3.32. The molecule has 4 rings (SSSR count). The van der Waals surface area contributed by atoms with Crippen molar-refractivity contribution in [3.05, 3.63) is 41.2 Å². The molecule has 0 N–H and O–H groups in total. The SMILES string of the molecule is CCn1c(C)cc(C(=O)CSc2nc3cc(S(=O)(=O)N4CCOCC4)ccc3n2CC)c1C. The Labute approximate surface area is 199 Å². The van der Waals surface area contributed by atoms with Crippen LogP contribution in [-0.4, -0.2) is 64.7 Å². The van der Waals surface area contributed by atoms with E-state index in [4.69, 9.17) is 9.72 Å². The average molecular weight is 491 g/mol. The van der Waals surface area contributed by atoms with Gasteiger partial charge in [0.2, 0.25) is 10.0 Å². The van der Waals surface area contributed by atoms with Crippen molar-refractivity contribution in [3.63, 3.8) is 0 Å². The Morgan fingerprint density at radius 1 is 1.09 bits per heavy atom. The van der Waals surface area contributed by atoms with Gasteiger partial charge in [-0.25, -0.2) is 13.4 Å². The number of hydrogen-bond donors (Lipinski definition) is 0. The molecule has 0 bridgehead atoms. The van der Waals surface area contributed by atoms with Crippen LogP contribution in [0.25, 0.3) is 11.0 Å². The number of nitrogens with zero attached hydrogens (tertiary/aromatic N) is 4. The fourth-order valence-corrected chi connectivity index (χ4v) is 6.77. The van der Waals surface area contributed by atoms with Crippen molar-refractivity contribution in [2.24, 2.45) is 0 Å². The molecule has 33 heavy (non-hydrogen) atoms. The Morgan fingerprint density at radius 2 is 1.79 bits per heavy atom. The maximum absolute atomic E-state index is 13.0. The van der Waals surface area contributed by atoms with Crippen LogP contribution in [-0.2, 0) is 27.8 Å². The van der Waals surface area contributed by atoms with Gasteiger partial charge in [0.05, 0.1) is 34.9 Å². The Balaban J connectivity index is 1.59. The van der Waals surface area contributed by atoms with Gasteiger partial charge >= 0.3 is 0 Å². The third-order valence-corrected chi connectivity index (χ3v) is 9.00. The van der Waals surface area contributed by atoms with Gasteiger partial charge in [0.1, 0.15) is 0 Å². The van der Waals surface area contributed by atoms with E-state index in [1.165, 1.54) is 16.1 Å². The van der Waals surface area contributed by atoms with Crippen molar-refractivity contribution in [2.75, 3.05) is 32.1 Å². The fourth-order valence-electron chi connectivity index (χ4n) is 4.38. The molecule has 8 nitrogen and oxygen atoms in total. The highest BCUT2D eigenvalue weighted by molar-refractivity contribution is 7.99. The van der Waals surface area contributed by atoms with Gasteiger partial charge in [-0.1, -0.05) is 11.8 Å². The normalized spacial score (nSPS) is 15.4. The minimum atomic E-state index is -3.59. The van der Waals surface area contributed by atoms with E-state index in [0.29, 0.717) is 43.5 Å². The van der Waals surface area contributed by atoms with Gasteiger partial charge < -0.3 is 13.9 Å². The molecule has 178 valence electrons. The summed E-state index contributed by atoms with van der Waals surface area (Å²) in [5, 5.41) is 0.714. The van der Waals surface area contributed by atoms with Crippen molar-refractivity contribution in [2.45, 2.75) is 50.8 Å². The second-order valence-electron chi connectivity index (χ2n) is 8.05. The van der Waals surface area contributed by atoms with Gasteiger partial charge in [0.25, 0.3) is 0 Å². The Bertz CT molecular complexity index is 1290. The van der Waals surface area contributed by atoms with Crippen LogP contribution in [0.2, 0.25) is 0 Å². The predicted molar refractivity (Wildman–Crippen MR) is 130 cm³/mol. The summed E-state index contributed by atoms with van der Waals surface area (Å²) in [6, 6.07) is 7.03. The number of benzene rings is 1. The number of imidazole rings is 1. The molecule has 0 unspecified atom stereocenters. The van der Waals surface area contributed by atoms with Gasteiger partial charge in [-0.15, -0.1) is 0 Å². The lowest BCUT2D eigenvalue weighted by molar-refractivity contribution is 0.0730. The number of thioether (sulfide) groups is 1. The number of morpholine rings is 1.